The molecule has 0 spiro atoms. The van der Waals surface area contributed by atoms with Crippen molar-refractivity contribution in [1.82, 2.24) is 10.6 Å². The molecule has 0 saturated heterocycles. The number of carbonyl (C=O) groups is 3. The largest absolute Gasteiger partial charge is 0.480 e. The number of rotatable bonds is 9. The molecule has 0 rings (SSSR count). The maximum atomic E-state index is 11.3. The third-order valence-electron chi connectivity index (χ3n) is 1.96. The van der Waals surface area contributed by atoms with Crippen molar-refractivity contribution >= 4 is 17.9 Å². The van der Waals surface area contributed by atoms with Crippen molar-refractivity contribution in [3.63, 3.8) is 0 Å². The molecule has 0 fully saturated rings. The van der Waals surface area contributed by atoms with Gasteiger partial charge in [0.1, 0.15) is 12.6 Å². The highest BCUT2D eigenvalue weighted by molar-refractivity contribution is 5.82. The number of hydrogen-bond donors (Lipinski definition) is 4. The smallest absolute Gasteiger partial charge is 0.326 e. The molecule has 0 saturated carbocycles. The van der Waals surface area contributed by atoms with Gasteiger partial charge >= 0.3 is 12.0 Å². The third kappa shape index (κ3) is 8.34. The van der Waals surface area contributed by atoms with Crippen LogP contribution in [0.5, 0.6) is 0 Å². The van der Waals surface area contributed by atoms with Gasteiger partial charge in [-0.05, 0) is 6.42 Å². The maximum absolute atomic E-state index is 11.3. The second-order valence-corrected chi connectivity index (χ2v) is 3.60. The number of nitrogens with one attached hydrogen (secondary N) is 2. The Morgan fingerprint density at radius 1 is 1.39 bits per heavy atom. The first-order chi connectivity index (χ1) is 8.47. The predicted molar refractivity (Wildman–Crippen MR) is 62.9 cm³/mol. The van der Waals surface area contributed by atoms with E-state index in [1.807, 2.05) is 6.92 Å². The average molecular weight is 261 g/mol. The summed E-state index contributed by atoms with van der Waals surface area (Å²) in [7, 11) is 0. The number of primary amides is 1. The molecule has 3 amide bonds. The fraction of sp³-hybridized carbons (Fsp3) is 0.700. The summed E-state index contributed by atoms with van der Waals surface area (Å²) in [6.07, 6.45) is 1.01. The molecule has 0 aliphatic carbocycles. The number of amides is 3. The Morgan fingerprint density at radius 2 is 2.06 bits per heavy atom. The highest BCUT2D eigenvalue weighted by Gasteiger charge is 2.18. The zero-order valence-electron chi connectivity index (χ0n) is 10.3. The van der Waals surface area contributed by atoms with Gasteiger partial charge in [-0.25, -0.2) is 9.59 Å². The van der Waals surface area contributed by atoms with Gasteiger partial charge < -0.3 is 26.2 Å². The monoisotopic (exact) mass is 261 g/mol. The average Bonchev–Trinajstić information content (AvgIpc) is 2.27. The van der Waals surface area contributed by atoms with Crippen molar-refractivity contribution in [1.29, 1.82) is 0 Å². The third-order valence-corrected chi connectivity index (χ3v) is 1.96. The number of carboxylic acid groups (broad SMARTS) is 1. The molecule has 0 unspecified atom stereocenters. The van der Waals surface area contributed by atoms with Crippen LogP contribution >= 0.6 is 0 Å². The van der Waals surface area contributed by atoms with Gasteiger partial charge in [0, 0.05) is 6.54 Å². The molecule has 0 bridgehead atoms. The van der Waals surface area contributed by atoms with Crippen LogP contribution in [0.4, 0.5) is 4.79 Å². The molecule has 8 nitrogen and oxygen atoms in total. The lowest BCUT2D eigenvalue weighted by molar-refractivity contribution is -0.139. The predicted octanol–water partition coefficient (Wildman–Crippen LogP) is -0.959. The number of hydrogen-bond acceptors (Lipinski definition) is 4. The Balaban J connectivity index is 3.74. The highest BCUT2D eigenvalue weighted by Crippen LogP contribution is 1.96. The summed E-state index contributed by atoms with van der Waals surface area (Å²) in [4.78, 5) is 32.4. The fourth-order valence-corrected chi connectivity index (χ4v) is 1.16. The van der Waals surface area contributed by atoms with E-state index in [-0.39, 0.29) is 19.8 Å². The van der Waals surface area contributed by atoms with E-state index in [1.165, 1.54) is 0 Å². The molecule has 0 heterocycles. The van der Waals surface area contributed by atoms with Crippen molar-refractivity contribution in [2.24, 2.45) is 5.73 Å². The molecule has 18 heavy (non-hydrogen) atoms. The summed E-state index contributed by atoms with van der Waals surface area (Å²) in [6, 6.07) is -1.49. The van der Waals surface area contributed by atoms with E-state index in [1.54, 1.807) is 0 Å². The SMILES string of the molecule is CCC[C@H](NC(=O)NCCOCC(N)=O)C(=O)O. The van der Waals surface area contributed by atoms with Gasteiger partial charge in [-0.1, -0.05) is 13.3 Å². The van der Waals surface area contributed by atoms with Crippen LogP contribution in [0.25, 0.3) is 0 Å². The Bertz CT molecular complexity index is 295. The van der Waals surface area contributed by atoms with Crippen LogP contribution in [0, 0.1) is 0 Å². The molecule has 0 aliphatic rings. The first-order valence-corrected chi connectivity index (χ1v) is 5.60. The number of carboxylic acids is 1. The number of urea groups is 1. The van der Waals surface area contributed by atoms with Gasteiger partial charge in [0.25, 0.3) is 0 Å². The van der Waals surface area contributed by atoms with Crippen molar-refractivity contribution in [3.8, 4) is 0 Å². The van der Waals surface area contributed by atoms with Crippen molar-refractivity contribution in [2.45, 2.75) is 25.8 Å². The molecule has 0 aromatic heterocycles. The highest BCUT2D eigenvalue weighted by atomic mass is 16.5. The Labute approximate surface area is 105 Å². The lowest BCUT2D eigenvalue weighted by atomic mass is 10.2. The summed E-state index contributed by atoms with van der Waals surface area (Å²) in [6.45, 7) is 1.91. The molecule has 0 radical (unpaired) electrons. The minimum absolute atomic E-state index is 0.127. The van der Waals surface area contributed by atoms with Crippen molar-refractivity contribution in [3.05, 3.63) is 0 Å². The van der Waals surface area contributed by atoms with E-state index < -0.39 is 23.9 Å². The van der Waals surface area contributed by atoms with Gasteiger partial charge in [-0.2, -0.15) is 0 Å². The standard InChI is InChI=1S/C10H19N3O5/c1-2-3-7(9(15)16)13-10(17)12-4-5-18-6-8(11)14/h7H,2-6H2,1H3,(H2,11,14)(H,15,16)(H2,12,13,17)/t7-/m0/s1. The molecule has 0 aliphatic heterocycles. The zero-order valence-corrected chi connectivity index (χ0v) is 10.3. The fourth-order valence-electron chi connectivity index (χ4n) is 1.16. The molecule has 0 aromatic carbocycles. The Kier molecular flexibility index (Phi) is 8.29. The second-order valence-electron chi connectivity index (χ2n) is 3.60. The summed E-state index contributed by atoms with van der Waals surface area (Å²) < 4.78 is 4.81. The number of ether oxygens (including phenoxy) is 1. The van der Waals surface area contributed by atoms with Crippen LogP contribution in [0.3, 0.4) is 0 Å². The van der Waals surface area contributed by atoms with Gasteiger partial charge in [0.15, 0.2) is 0 Å². The van der Waals surface area contributed by atoms with Gasteiger partial charge in [-0.3, -0.25) is 4.79 Å². The van der Waals surface area contributed by atoms with Gasteiger partial charge in [0.2, 0.25) is 5.91 Å². The topological polar surface area (TPSA) is 131 Å². The molecular formula is C10H19N3O5. The van der Waals surface area contributed by atoms with E-state index >= 15 is 0 Å². The lowest BCUT2D eigenvalue weighted by Crippen LogP contribution is -2.46. The van der Waals surface area contributed by atoms with Crippen LogP contribution in [0.15, 0.2) is 0 Å². The molecule has 8 heteroatoms. The lowest BCUT2D eigenvalue weighted by Gasteiger charge is -2.14. The summed E-state index contributed by atoms with van der Waals surface area (Å²) in [5.41, 5.74) is 4.84. The maximum Gasteiger partial charge on any atom is 0.326 e. The second kappa shape index (κ2) is 9.23. The normalized spacial score (nSPS) is 11.6. The number of nitrogens with two attached hydrogens (primary N) is 1. The summed E-state index contributed by atoms with van der Waals surface area (Å²) in [5.74, 6) is -1.66. The van der Waals surface area contributed by atoms with Crippen molar-refractivity contribution in [2.75, 3.05) is 19.8 Å². The Morgan fingerprint density at radius 3 is 2.56 bits per heavy atom. The zero-order chi connectivity index (χ0) is 14.0. The number of aliphatic carboxylic acids is 1. The van der Waals surface area contributed by atoms with E-state index in [0.717, 1.165) is 0 Å². The molecule has 1 atom stereocenters. The quantitative estimate of drug-likeness (QED) is 0.397. The van der Waals surface area contributed by atoms with Gasteiger partial charge in [-0.15, -0.1) is 0 Å². The van der Waals surface area contributed by atoms with E-state index in [9.17, 15) is 14.4 Å². The van der Waals surface area contributed by atoms with E-state index in [4.69, 9.17) is 15.6 Å². The summed E-state index contributed by atoms with van der Waals surface area (Å²) in [5, 5.41) is 13.5. The first-order valence-electron chi connectivity index (χ1n) is 5.60. The van der Waals surface area contributed by atoms with Crippen LogP contribution < -0.4 is 16.4 Å². The minimum Gasteiger partial charge on any atom is -0.480 e. The van der Waals surface area contributed by atoms with Crippen LogP contribution in [-0.2, 0) is 14.3 Å². The van der Waals surface area contributed by atoms with Crippen LogP contribution in [0.1, 0.15) is 19.8 Å². The first kappa shape index (κ1) is 16.2. The summed E-state index contributed by atoms with van der Waals surface area (Å²) >= 11 is 0. The molecule has 5 N–H and O–H groups in total. The molecular weight excluding hydrogens is 242 g/mol. The Hall–Kier alpha value is -1.83. The van der Waals surface area contributed by atoms with Gasteiger partial charge in [0.05, 0.1) is 6.61 Å². The van der Waals surface area contributed by atoms with E-state index in [0.29, 0.717) is 12.8 Å². The van der Waals surface area contributed by atoms with Crippen LogP contribution in [0.2, 0.25) is 0 Å². The van der Waals surface area contributed by atoms with Crippen molar-refractivity contribution < 1.29 is 24.2 Å². The minimum atomic E-state index is -1.07. The molecule has 104 valence electrons. The number of carbonyl (C=O) groups excluding carboxylic acids is 2. The van der Waals surface area contributed by atoms with Crippen LogP contribution in [-0.4, -0.2) is 48.8 Å². The van der Waals surface area contributed by atoms with E-state index in [2.05, 4.69) is 10.6 Å². The molecule has 0 aromatic rings.